The SMILES string of the molecule is CC/C=C(\c1c(C)cccc1N1CCCCC1)C(C(N)=O)c1ccc(C(=O)O)cc1. The summed E-state index contributed by atoms with van der Waals surface area (Å²) in [4.78, 5) is 26.3. The van der Waals surface area contributed by atoms with Gasteiger partial charge in [0.05, 0.1) is 11.5 Å². The molecule has 0 radical (unpaired) electrons. The molecule has 2 aromatic rings. The van der Waals surface area contributed by atoms with Crippen LogP contribution in [0.2, 0.25) is 0 Å². The molecule has 1 aliphatic rings. The number of nitrogens with two attached hydrogens (primary N) is 1. The third kappa shape index (κ3) is 4.56. The van der Waals surface area contributed by atoms with Crippen molar-refractivity contribution in [3.05, 3.63) is 70.8 Å². The number of rotatable bonds is 7. The molecule has 0 aliphatic carbocycles. The van der Waals surface area contributed by atoms with E-state index in [4.69, 9.17) is 5.73 Å². The second-order valence-electron chi connectivity index (χ2n) is 7.85. The van der Waals surface area contributed by atoms with Crippen LogP contribution in [0.3, 0.4) is 0 Å². The number of carbonyl (C=O) groups excluding carboxylic acids is 1. The van der Waals surface area contributed by atoms with Gasteiger partial charge in [-0.3, -0.25) is 4.79 Å². The molecule has 3 N–H and O–H groups in total. The van der Waals surface area contributed by atoms with E-state index in [9.17, 15) is 14.7 Å². The lowest BCUT2D eigenvalue weighted by molar-refractivity contribution is -0.118. The summed E-state index contributed by atoms with van der Waals surface area (Å²) >= 11 is 0. The Balaban J connectivity index is 2.13. The largest absolute Gasteiger partial charge is 0.478 e. The van der Waals surface area contributed by atoms with Gasteiger partial charge in [-0.2, -0.15) is 0 Å². The average molecular weight is 407 g/mol. The van der Waals surface area contributed by atoms with Crippen LogP contribution in [0.5, 0.6) is 0 Å². The van der Waals surface area contributed by atoms with Crippen molar-refractivity contribution in [2.75, 3.05) is 18.0 Å². The highest BCUT2D eigenvalue weighted by Gasteiger charge is 2.28. The lowest BCUT2D eigenvalue weighted by Crippen LogP contribution is -2.31. The van der Waals surface area contributed by atoms with Crippen LogP contribution >= 0.6 is 0 Å². The van der Waals surface area contributed by atoms with Gasteiger partial charge in [0, 0.05) is 24.3 Å². The van der Waals surface area contributed by atoms with Crippen LogP contribution in [0.4, 0.5) is 5.69 Å². The number of aryl methyl sites for hydroxylation is 1. The maximum atomic E-state index is 12.7. The van der Waals surface area contributed by atoms with Crippen LogP contribution in [0, 0.1) is 6.92 Å². The standard InChI is InChI=1S/C25H30N2O3/c1-3-8-20(23(24(26)28)18-11-13-19(14-12-18)25(29)30)22-17(2)9-7-10-21(22)27-15-5-4-6-16-27/h7-14,23H,3-6,15-16H2,1-2H3,(H2,26,28)(H,29,30)/b20-8+. The highest BCUT2D eigenvalue weighted by atomic mass is 16.4. The van der Waals surface area contributed by atoms with E-state index in [2.05, 4.69) is 36.1 Å². The summed E-state index contributed by atoms with van der Waals surface area (Å²) in [7, 11) is 0. The highest BCUT2D eigenvalue weighted by molar-refractivity contribution is 5.99. The first-order valence-corrected chi connectivity index (χ1v) is 10.6. The van der Waals surface area contributed by atoms with Gasteiger partial charge in [-0.1, -0.05) is 37.3 Å². The van der Waals surface area contributed by atoms with Crippen molar-refractivity contribution in [3.8, 4) is 0 Å². The highest BCUT2D eigenvalue weighted by Crippen LogP contribution is 2.40. The van der Waals surface area contributed by atoms with Gasteiger partial charge in [0.1, 0.15) is 0 Å². The molecular weight excluding hydrogens is 376 g/mol. The minimum absolute atomic E-state index is 0.188. The van der Waals surface area contributed by atoms with Crippen LogP contribution in [-0.4, -0.2) is 30.1 Å². The molecular formula is C25H30N2O3. The molecule has 0 spiro atoms. The summed E-state index contributed by atoms with van der Waals surface area (Å²) in [5.74, 6) is -2.07. The van der Waals surface area contributed by atoms with Crippen molar-refractivity contribution >= 4 is 23.1 Å². The maximum Gasteiger partial charge on any atom is 0.335 e. The van der Waals surface area contributed by atoms with Crippen molar-refractivity contribution in [2.45, 2.75) is 45.4 Å². The van der Waals surface area contributed by atoms with E-state index >= 15 is 0 Å². The van der Waals surface area contributed by atoms with Crippen molar-refractivity contribution in [1.29, 1.82) is 0 Å². The summed E-state index contributed by atoms with van der Waals surface area (Å²) in [6.45, 7) is 6.12. The third-order valence-electron chi connectivity index (χ3n) is 5.75. The summed E-state index contributed by atoms with van der Waals surface area (Å²) in [6.07, 6.45) is 6.41. The van der Waals surface area contributed by atoms with Gasteiger partial charge in [0.2, 0.25) is 5.91 Å². The zero-order valence-electron chi connectivity index (χ0n) is 17.7. The van der Waals surface area contributed by atoms with Gasteiger partial charge < -0.3 is 15.7 Å². The first-order chi connectivity index (χ1) is 14.4. The molecule has 158 valence electrons. The number of allylic oxidation sites excluding steroid dienone is 1. The first kappa shape index (κ1) is 21.6. The lowest BCUT2D eigenvalue weighted by atomic mass is 9.82. The second kappa shape index (κ2) is 9.61. The number of anilines is 1. The number of carboxylic acids is 1. The Morgan fingerprint density at radius 1 is 1.10 bits per heavy atom. The average Bonchev–Trinajstić information content (AvgIpc) is 2.74. The summed E-state index contributed by atoms with van der Waals surface area (Å²) in [5.41, 5.74) is 11.0. The van der Waals surface area contributed by atoms with E-state index in [-0.39, 0.29) is 5.56 Å². The van der Waals surface area contributed by atoms with Crippen molar-refractivity contribution < 1.29 is 14.7 Å². The Bertz CT molecular complexity index is 941. The Hall–Kier alpha value is -3.08. The molecule has 1 unspecified atom stereocenters. The van der Waals surface area contributed by atoms with E-state index in [0.29, 0.717) is 5.56 Å². The Morgan fingerprint density at radius 3 is 2.33 bits per heavy atom. The lowest BCUT2D eigenvalue weighted by Gasteiger charge is -2.33. The van der Waals surface area contributed by atoms with Crippen molar-refractivity contribution in [1.82, 2.24) is 0 Å². The van der Waals surface area contributed by atoms with E-state index < -0.39 is 17.8 Å². The van der Waals surface area contributed by atoms with Crippen LogP contribution in [0.25, 0.3) is 5.57 Å². The fraction of sp³-hybridized carbons (Fsp3) is 0.360. The molecule has 5 nitrogen and oxygen atoms in total. The molecule has 0 aromatic heterocycles. The molecule has 2 aromatic carbocycles. The monoisotopic (exact) mass is 406 g/mol. The molecule has 1 aliphatic heterocycles. The zero-order valence-corrected chi connectivity index (χ0v) is 17.7. The first-order valence-electron chi connectivity index (χ1n) is 10.6. The molecule has 5 heteroatoms. The number of primary amides is 1. The fourth-order valence-electron chi connectivity index (χ4n) is 4.33. The molecule has 1 heterocycles. The van der Waals surface area contributed by atoms with Crippen molar-refractivity contribution in [3.63, 3.8) is 0 Å². The summed E-state index contributed by atoms with van der Waals surface area (Å²) < 4.78 is 0. The number of hydrogen-bond donors (Lipinski definition) is 2. The molecule has 1 fully saturated rings. The van der Waals surface area contributed by atoms with Gasteiger partial charge in [0.15, 0.2) is 0 Å². The van der Waals surface area contributed by atoms with Crippen LogP contribution in [0.15, 0.2) is 48.5 Å². The number of benzene rings is 2. The Morgan fingerprint density at radius 2 is 1.77 bits per heavy atom. The zero-order chi connectivity index (χ0) is 21.7. The number of carbonyl (C=O) groups is 2. The number of carboxylic acid groups (broad SMARTS) is 1. The number of amides is 1. The van der Waals surface area contributed by atoms with Gasteiger partial charge in [-0.15, -0.1) is 0 Å². The molecule has 3 rings (SSSR count). The molecule has 0 saturated carbocycles. The van der Waals surface area contributed by atoms with Crippen LogP contribution < -0.4 is 10.6 Å². The summed E-state index contributed by atoms with van der Waals surface area (Å²) in [5, 5.41) is 9.20. The normalized spacial score (nSPS) is 15.7. The van der Waals surface area contributed by atoms with Crippen LogP contribution in [0.1, 0.15) is 65.6 Å². The van der Waals surface area contributed by atoms with E-state index in [1.165, 1.54) is 18.6 Å². The number of hydrogen-bond acceptors (Lipinski definition) is 3. The van der Waals surface area contributed by atoms with E-state index in [0.717, 1.165) is 54.7 Å². The van der Waals surface area contributed by atoms with Gasteiger partial charge in [-0.25, -0.2) is 4.79 Å². The molecule has 1 amide bonds. The predicted molar refractivity (Wildman–Crippen MR) is 121 cm³/mol. The minimum atomic E-state index is -0.993. The molecule has 1 atom stereocenters. The molecule has 0 bridgehead atoms. The van der Waals surface area contributed by atoms with Gasteiger partial charge in [-0.05, 0) is 67.5 Å². The second-order valence-corrected chi connectivity index (χ2v) is 7.85. The maximum absolute atomic E-state index is 12.7. The third-order valence-corrected chi connectivity index (χ3v) is 5.75. The predicted octanol–water partition coefficient (Wildman–Crippen LogP) is 4.75. The van der Waals surface area contributed by atoms with Crippen molar-refractivity contribution in [2.24, 2.45) is 5.73 Å². The Labute approximate surface area is 178 Å². The van der Waals surface area contributed by atoms with Gasteiger partial charge in [0.25, 0.3) is 0 Å². The number of piperidine rings is 1. The Kier molecular flexibility index (Phi) is 6.93. The number of nitrogens with zero attached hydrogens (tertiary/aromatic N) is 1. The van der Waals surface area contributed by atoms with Gasteiger partial charge >= 0.3 is 5.97 Å². The quantitative estimate of drug-likeness (QED) is 0.695. The van der Waals surface area contributed by atoms with E-state index in [1.54, 1.807) is 12.1 Å². The smallest absolute Gasteiger partial charge is 0.335 e. The number of aromatic carboxylic acids is 1. The molecule has 1 saturated heterocycles. The summed E-state index contributed by atoms with van der Waals surface area (Å²) in [6, 6.07) is 12.7. The molecule has 30 heavy (non-hydrogen) atoms. The fourth-order valence-corrected chi connectivity index (χ4v) is 4.33. The van der Waals surface area contributed by atoms with E-state index in [1.807, 2.05) is 6.92 Å². The topological polar surface area (TPSA) is 83.6 Å². The minimum Gasteiger partial charge on any atom is -0.478 e. The van der Waals surface area contributed by atoms with Crippen LogP contribution in [-0.2, 0) is 4.79 Å².